The van der Waals surface area contributed by atoms with Crippen LogP contribution in [-0.4, -0.2) is 35.1 Å². The number of nitrogens with zero attached hydrogens (tertiary/aromatic N) is 1. The predicted octanol–water partition coefficient (Wildman–Crippen LogP) is 3.46. The Balaban J connectivity index is 1.70. The summed E-state index contributed by atoms with van der Waals surface area (Å²) in [6, 6.07) is 0.427. The fourth-order valence-electron chi connectivity index (χ4n) is 7.49. The van der Waals surface area contributed by atoms with Gasteiger partial charge in [0, 0.05) is 19.5 Å². The smallest absolute Gasteiger partial charge is 0.222 e. The number of hydrogen-bond donors (Lipinski definition) is 1. The third kappa shape index (κ3) is 2.08. The Kier molecular flexibility index (Phi) is 3.44. The van der Waals surface area contributed by atoms with Gasteiger partial charge in [0.2, 0.25) is 5.91 Å². The molecule has 3 aliphatic carbocycles. The van der Waals surface area contributed by atoms with Gasteiger partial charge < -0.3 is 10.0 Å². The lowest BCUT2D eigenvalue weighted by Crippen LogP contribution is -2.62. The van der Waals surface area contributed by atoms with Crippen LogP contribution in [0.15, 0.2) is 0 Å². The molecule has 8 atom stereocenters. The molecule has 0 unspecified atom stereocenters. The van der Waals surface area contributed by atoms with Crippen LogP contribution in [0.25, 0.3) is 0 Å². The first kappa shape index (κ1) is 15.9. The fraction of sp³-hybridized carbons (Fsp3) is 0.950. The maximum absolute atomic E-state index is 12.2. The quantitative estimate of drug-likeness (QED) is 0.743. The molecule has 3 nitrogen and oxygen atoms in total. The Morgan fingerprint density at radius 1 is 1.17 bits per heavy atom. The molecule has 0 aromatic heterocycles. The predicted molar refractivity (Wildman–Crippen MR) is 90.7 cm³/mol. The second-order valence-electron chi connectivity index (χ2n) is 9.82. The molecule has 3 heteroatoms. The number of piperidine rings is 1. The molecule has 4 aliphatic rings. The molecule has 0 spiro atoms. The number of amides is 1. The molecule has 130 valence electrons. The molecule has 1 amide bonds. The van der Waals surface area contributed by atoms with Gasteiger partial charge in [0.05, 0.1) is 6.10 Å². The molecule has 1 N–H and O–H groups in total. The van der Waals surface area contributed by atoms with Gasteiger partial charge in [-0.2, -0.15) is 0 Å². The minimum Gasteiger partial charge on any atom is -0.393 e. The summed E-state index contributed by atoms with van der Waals surface area (Å²) in [7, 11) is 2.03. The second-order valence-corrected chi connectivity index (χ2v) is 9.82. The minimum absolute atomic E-state index is 0.0860. The van der Waals surface area contributed by atoms with Crippen LogP contribution in [0.3, 0.4) is 0 Å². The summed E-state index contributed by atoms with van der Waals surface area (Å²) in [4.78, 5) is 14.3. The van der Waals surface area contributed by atoms with Crippen LogP contribution >= 0.6 is 0 Å². The van der Waals surface area contributed by atoms with Crippen molar-refractivity contribution >= 4 is 5.91 Å². The van der Waals surface area contributed by atoms with E-state index in [0.717, 1.165) is 43.9 Å². The van der Waals surface area contributed by atoms with Crippen LogP contribution < -0.4 is 0 Å². The van der Waals surface area contributed by atoms with Gasteiger partial charge in [-0.05, 0) is 73.0 Å². The summed E-state index contributed by atoms with van der Waals surface area (Å²) in [6.45, 7) is 7.32. The SMILES string of the molecule is C[C@H]1C[C@H]2N(C)C(=O)CC[C@]2(C)[C@H]2CC[C@]3(C)C[C@@H](O)C[C@H]3[C@@H]12. The van der Waals surface area contributed by atoms with Crippen molar-refractivity contribution in [3.8, 4) is 0 Å². The standard InChI is InChI=1S/C20H33NO2/c1-12-9-16-20(3,8-6-17(23)21(16)4)14-5-7-19(2)11-13(22)10-15(19)18(12)14/h12-16,18,22H,5-11H2,1-4H3/t12-,13-,14-,15-,16+,18-,19+,20+/m0/s1. The molecule has 1 heterocycles. The molecule has 0 radical (unpaired) electrons. The summed E-state index contributed by atoms with van der Waals surface area (Å²) in [6.07, 6.45) is 7.45. The lowest BCUT2D eigenvalue weighted by molar-refractivity contribution is -0.164. The highest BCUT2D eigenvalue weighted by Gasteiger charge is 2.61. The van der Waals surface area contributed by atoms with E-state index in [1.165, 1.54) is 12.8 Å². The van der Waals surface area contributed by atoms with E-state index in [1.807, 2.05) is 7.05 Å². The first-order valence-electron chi connectivity index (χ1n) is 9.70. The first-order valence-corrected chi connectivity index (χ1v) is 9.70. The highest BCUT2D eigenvalue weighted by molar-refractivity contribution is 5.77. The van der Waals surface area contributed by atoms with Crippen molar-refractivity contribution in [3.63, 3.8) is 0 Å². The van der Waals surface area contributed by atoms with Crippen LogP contribution in [0.4, 0.5) is 0 Å². The molecule has 0 aromatic carbocycles. The maximum atomic E-state index is 12.2. The molecule has 4 rings (SSSR count). The molecular formula is C20H33NO2. The van der Waals surface area contributed by atoms with Gasteiger partial charge in [-0.25, -0.2) is 0 Å². The molecule has 1 saturated heterocycles. The van der Waals surface area contributed by atoms with E-state index >= 15 is 0 Å². The van der Waals surface area contributed by atoms with E-state index in [-0.39, 0.29) is 11.5 Å². The van der Waals surface area contributed by atoms with Crippen molar-refractivity contribution < 1.29 is 9.90 Å². The van der Waals surface area contributed by atoms with Gasteiger partial charge in [0.25, 0.3) is 0 Å². The number of carbonyl (C=O) groups is 1. The Morgan fingerprint density at radius 2 is 1.91 bits per heavy atom. The molecule has 0 bridgehead atoms. The topological polar surface area (TPSA) is 40.5 Å². The second kappa shape index (κ2) is 4.97. The number of hydrogen-bond acceptors (Lipinski definition) is 2. The average molecular weight is 319 g/mol. The first-order chi connectivity index (χ1) is 10.8. The molecule has 4 fully saturated rings. The highest BCUT2D eigenvalue weighted by atomic mass is 16.3. The van der Waals surface area contributed by atoms with E-state index in [4.69, 9.17) is 0 Å². The minimum atomic E-state index is -0.0860. The monoisotopic (exact) mass is 319 g/mol. The Labute approximate surface area is 140 Å². The summed E-state index contributed by atoms with van der Waals surface area (Å²) in [5, 5.41) is 10.3. The van der Waals surface area contributed by atoms with Crippen molar-refractivity contribution in [3.05, 3.63) is 0 Å². The van der Waals surface area contributed by atoms with E-state index in [0.29, 0.717) is 29.2 Å². The van der Waals surface area contributed by atoms with E-state index < -0.39 is 0 Å². The van der Waals surface area contributed by atoms with E-state index in [2.05, 4.69) is 25.7 Å². The normalized spacial score (nSPS) is 56.0. The molecular weight excluding hydrogens is 286 g/mol. The van der Waals surface area contributed by atoms with Gasteiger partial charge in [0.1, 0.15) is 0 Å². The zero-order valence-electron chi connectivity index (χ0n) is 15.2. The number of likely N-dealkylation sites (tertiary alicyclic amines) is 1. The average Bonchev–Trinajstić information content (AvgIpc) is 2.80. The van der Waals surface area contributed by atoms with Crippen molar-refractivity contribution in [2.45, 2.75) is 77.9 Å². The Bertz CT molecular complexity index is 520. The van der Waals surface area contributed by atoms with Crippen LogP contribution in [-0.2, 0) is 4.79 Å². The molecule has 0 aromatic rings. The number of carbonyl (C=O) groups excluding carboxylic acids is 1. The third-order valence-corrected chi connectivity index (χ3v) is 8.68. The fourth-order valence-corrected chi connectivity index (χ4v) is 7.49. The van der Waals surface area contributed by atoms with Crippen molar-refractivity contribution in [2.75, 3.05) is 7.05 Å². The number of rotatable bonds is 0. The van der Waals surface area contributed by atoms with Crippen LogP contribution in [0.5, 0.6) is 0 Å². The van der Waals surface area contributed by atoms with Gasteiger partial charge in [-0.1, -0.05) is 20.8 Å². The van der Waals surface area contributed by atoms with E-state index in [1.54, 1.807) is 0 Å². The van der Waals surface area contributed by atoms with Crippen molar-refractivity contribution in [1.29, 1.82) is 0 Å². The number of aliphatic hydroxyl groups excluding tert-OH is 1. The third-order valence-electron chi connectivity index (χ3n) is 8.68. The van der Waals surface area contributed by atoms with Crippen LogP contribution in [0.1, 0.15) is 65.7 Å². The highest BCUT2D eigenvalue weighted by Crippen LogP contribution is 2.65. The zero-order chi connectivity index (χ0) is 16.6. The molecule has 3 saturated carbocycles. The zero-order valence-corrected chi connectivity index (χ0v) is 15.2. The van der Waals surface area contributed by atoms with E-state index in [9.17, 15) is 9.90 Å². The molecule has 1 aliphatic heterocycles. The summed E-state index contributed by atoms with van der Waals surface area (Å²) < 4.78 is 0. The van der Waals surface area contributed by atoms with Crippen molar-refractivity contribution in [2.24, 2.45) is 34.5 Å². The number of aliphatic hydroxyl groups is 1. The van der Waals surface area contributed by atoms with Crippen LogP contribution in [0, 0.1) is 34.5 Å². The maximum Gasteiger partial charge on any atom is 0.222 e. The van der Waals surface area contributed by atoms with Gasteiger partial charge >= 0.3 is 0 Å². The molecule has 23 heavy (non-hydrogen) atoms. The Hall–Kier alpha value is -0.570. The van der Waals surface area contributed by atoms with Crippen LogP contribution in [0.2, 0.25) is 0 Å². The number of fused-ring (bicyclic) bond motifs is 5. The van der Waals surface area contributed by atoms with Gasteiger partial charge in [-0.3, -0.25) is 4.79 Å². The van der Waals surface area contributed by atoms with Crippen molar-refractivity contribution in [1.82, 2.24) is 4.90 Å². The largest absolute Gasteiger partial charge is 0.393 e. The lowest BCUT2D eigenvalue weighted by atomic mass is 9.45. The summed E-state index contributed by atoms with van der Waals surface area (Å²) >= 11 is 0. The van der Waals surface area contributed by atoms with Gasteiger partial charge in [0.15, 0.2) is 0 Å². The van der Waals surface area contributed by atoms with Gasteiger partial charge in [-0.15, -0.1) is 0 Å². The summed E-state index contributed by atoms with van der Waals surface area (Å²) in [5.41, 5.74) is 0.642. The Morgan fingerprint density at radius 3 is 2.65 bits per heavy atom. The summed E-state index contributed by atoms with van der Waals surface area (Å²) in [5.74, 6) is 3.17. The lowest BCUT2D eigenvalue weighted by Gasteiger charge is -2.63.